The Morgan fingerprint density at radius 1 is 1.13 bits per heavy atom. The van der Waals surface area contributed by atoms with E-state index < -0.39 is 41.6 Å². The molecule has 210 valence electrons. The van der Waals surface area contributed by atoms with Crippen LogP contribution in [0.1, 0.15) is 58.1 Å². The average Bonchev–Trinajstić information content (AvgIpc) is 3.37. The molecule has 0 radical (unpaired) electrons. The van der Waals surface area contributed by atoms with Crippen LogP contribution in [0.5, 0.6) is 0 Å². The molecule has 0 saturated carbocycles. The zero-order valence-electron chi connectivity index (χ0n) is 22.7. The largest absolute Gasteiger partial charge is 0.444 e. The first-order chi connectivity index (χ1) is 18.5. The number of carbonyl (C=O) groups is 4. The van der Waals surface area contributed by atoms with Crippen molar-refractivity contribution in [1.82, 2.24) is 15.5 Å². The van der Waals surface area contributed by atoms with E-state index in [1.807, 2.05) is 36.4 Å². The number of rotatable bonds is 10. The molecule has 11 heteroatoms. The van der Waals surface area contributed by atoms with Crippen molar-refractivity contribution >= 4 is 40.9 Å². The van der Waals surface area contributed by atoms with Crippen molar-refractivity contribution in [2.45, 2.75) is 70.2 Å². The molecular formula is C28H38N6O5. The van der Waals surface area contributed by atoms with Crippen molar-refractivity contribution in [2.24, 2.45) is 16.5 Å². The monoisotopic (exact) mass is 538 g/mol. The molecule has 0 spiro atoms. The fourth-order valence-electron chi connectivity index (χ4n) is 4.64. The van der Waals surface area contributed by atoms with Gasteiger partial charge < -0.3 is 36.5 Å². The Morgan fingerprint density at radius 2 is 1.85 bits per heavy atom. The summed E-state index contributed by atoms with van der Waals surface area (Å²) in [5.74, 6) is -0.887. The van der Waals surface area contributed by atoms with E-state index in [0.29, 0.717) is 50.6 Å². The third-order valence-electron chi connectivity index (χ3n) is 6.34. The minimum Gasteiger partial charge on any atom is -0.444 e. The molecular weight excluding hydrogens is 500 g/mol. The zero-order chi connectivity index (χ0) is 28.6. The lowest BCUT2D eigenvalue weighted by Gasteiger charge is -2.30. The molecule has 1 aliphatic rings. The lowest BCUT2D eigenvalue weighted by Crippen LogP contribution is -2.52. The van der Waals surface area contributed by atoms with Gasteiger partial charge in [0, 0.05) is 13.1 Å². The molecule has 0 aromatic heterocycles. The number of nitrogens with zero attached hydrogens (tertiary/aromatic N) is 2. The first-order valence-corrected chi connectivity index (χ1v) is 13.1. The van der Waals surface area contributed by atoms with Crippen LogP contribution in [-0.2, 0) is 19.1 Å². The van der Waals surface area contributed by atoms with Gasteiger partial charge in [-0.05, 0) is 62.8 Å². The highest BCUT2D eigenvalue weighted by Crippen LogP contribution is 2.29. The number of nitrogens with two attached hydrogens (primary N) is 2. The molecule has 6 N–H and O–H groups in total. The van der Waals surface area contributed by atoms with Crippen LogP contribution in [0.15, 0.2) is 47.5 Å². The summed E-state index contributed by atoms with van der Waals surface area (Å²) < 4.78 is 5.45. The van der Waals surface area contributed by atoms with E-state index in [2.05, 4.69) is 15.6 Å². The molecule has 11 nitrogen and oxygen atoms in total. The van der Waals surface area contributed by atoms with Gasteiger partial charge in [0.15, 0.2) is 5.96 Å². The third kappa shape index (κ3) is 8.17. The molecule has 1 fully saturated rings. The SMILES string of the molecule is CC(C)(C)OC(=O)N[C@H](C(=O)N1CCC[C@H]1C(=O)NC(C=O)CCCN=C(N)N)c1cccc2ccccc12. The van der Waals surface area contributed by atoms with Crippen LogP contribution in [0.2, 0.25) is 0 Å². The molecule has 1 heterocycles. The summed E-state index contributed by atoms with van der Waals surface area (Å²) in [6.45, 7) is 5.89. The standard InChI is InChI=1S/C28H38N6O5/c1-28(2,3)39-27(38)33-23(21-13-6-10-18-9-4-5-12-20(18)21)25(37)34-16-8-14-22(34)24(36)32-19(17-35)11-7-15-31-26(29)30/h4-6,9-10,12-13,17,19,22-23H,7-8,11,14-16H2,1-3H3,(H,32,36)(H,33,38)(H4,29,30,31)/t19?,22-,23-/m0/s1. The summed E-state index contributed by atoms with van der Waals surface area (Å²) in [5, 5.41) is 7.19. The highest BCUT2D eigenvalue weighted by Gasteiger charge is 2.39. The number of benzene rings is 2. The molecule has 3 rings (SSSR count). The van der Waals surface area contributed by atoms with E-state index >= 15 is 0 Å². The maximum Gasteiger partial charge on any atom is 0.408 e. The number of carbonyl (C=O) groups excluding carboxylic acids is 4. The van der Waals surface area contributed by atoms with Crippen LogP contribution in [0, 0.1) is 0 Å². The Bertz CT molecular complexity index is 1220. The number of alkyl carbamates (subject to hydrolysis) is 1. The van der Waals surface area contributed by atoms with E-state index in [9.17, 15) is 19.2 Å². The Hall–Kier alpha value is -4.15. The molecule has 2 aromatic rings. The van der Waals surface area contributed by atoms with Crippen LogP contribution >= 0.6 is 0 Å². The highest BCUT2D eigenvalue weighted by atomic mass is 16.6. The Kier molecular flexibility index (Phi) is 9.86. The van der Waals surface area contributed by atoms with Gasteiger partial charge >= 0.3 is 6.09 Å². The van der Waals surface area contributed by atoms with E-state index in [0.717, 1.165) is 10.8 Å². The lowest BCUT2D eigenvalue weighted by molar-refractivity contribution is -0.140. The first-order valence-electron chi connectivity index (χ1n) is 13.1. The van der Waals surface area contributed by atoms with Gasteiger partial charge in [-0.2, -0.15) is 0 Å². The Labute approximate surface area is 228 Å². The minimum absolute atomic E-state index is 0.0393. The normalized spacial score (nSPS) is 16.7. The summed E-state index contributed by atoms with van der Waals surface area (Å²) in [4.78, 5) is 57.0. The van der Waals surface area contributed by atoms with Gasteiger partial charge in [0.25, 0.3) is 5.91 Å². The summed E-state index contributed by atoms with van der Waals surface area (Å²) >= 11 is 0. The molecule has 0 bridgehead atoms. The first kappa shape index (κ1) is 29.4. The second-order valence-electron chi connectivity index (χ2n) is 10.5. The van der Waals surface area contributed by atoms with Gasteiger partial charge in [0.05, 0.1) is 6.04 Å². The number of ether oxygens (including phenoxy) is 1. The fraction of sp³-hybridized carbons (Fsp3) is 0.464. The molecule has 0 aliphatic carbocycles. The van der Waals surface area contributed by atoms with Crippen molar-refractivity contribution < 1.29 is 23.9 Å². The molecule has 3 amide bonds. The van der Waals surface area contributed by atoms with E-state index in [1.54, 1.807) is 26.8 Å². The molecule has 1 unspecified atom stereocenters. The second-order valence-corrected chi connectivity index (χ2v) is 10.5. The predicted molar refractivity (Wildman–Crippen MR) is 149 cm³/mol. The number of guanidine groups is 1. The number of nitrogens with one attached hydrogen (secondary N) is 2. The van der Waals surface area contributed by atoms with Gasteiger partial charge in [0.2, 0.25) is 5.91 Å². The van der Waals surface area contributed by atoms with Crippen molar-refractivity contribution in [2.75, 3.05) is 13.1 Å². The van der Waals surface area contributed by atoms with Crippen molar-refractivity contribution in [3.63, 3.8) is 0 Å². The second kappa shape index (κ2) is 13.1. The number of hydrogen-bond acceptors (Lipinski definition) is 6. The van der Waals surface area contributed by atoms with E-state index in [4.69, 9.17) is 16.2 Å². The average molecular weight is 539 g/mol. The summed E-state index contributed by atoms with van der Waals surface area (Å²) in [7, 11) is 0. The maximum absolute atomic E-state index is 14.0. The molecule has 1 saturated heterocycles. The van der Waals surface area contributed by atoms with Crippen LogP contribution in [0.3, 0.4) is 0 Å². The van der Waals surface area contributed by atoms with Crippen LogP contribution in [0.4, 0.5) is 4.79 Å². The number of likely N-dealkylation sites (tertiary alicyclic amines) is 1. The molecule has 1 aliphatic heterocycles. The quantitative estimate of drug-likeness (QED) is 0.155. The number of hydrogen-bond donors (Lipinski definition) is 4. The van der Waals surface area contributed by atoms with Gasteiger partial charge in [-0.3, -0.25) is 14.6 Å². The van der Waals surface area contributed by atoms with Crippen molar-refractivity contribution in [1.29, 1.82) is 0 Å². The van der Waals surface area contributed by atoms with Crippen LogP contribution in [-0.4, -0.2) is 65.8 Å². The third-order valence-corrected chi connectivity index (χ3v) is 6.34. The van der Waals surface area contributed by atoms with Gasteiger partial charge in [-0.15, -0.1) is 0 Å². The van der Waals surface area contributed by atoms with Crippen LogP contribution < -0.4 is 22.1 Å². The molecule has 39 heavy (non-hydrogen) atoms. The van der Waals surface area contributed by atoms with Gasteiger partial charge in [-0.25, -0.2) is 4.79 Å². The number of aldehydes is 1. The number of fused-ring (bicyclic) bond motifs is 1. The van der Waals surface area contributed by atoms with Crippen molar-refractivity contribution in [3.05, 3.63) is 48.0 Å². The lowest BCUT2D eigenvalue weighted by atomic mass is 9.97. The molecule has 3 atom stereocenters. The Balaban J connectivity index is 1.83. The van der Waals surface area contributed by atoms with Crippen molar-refractivity contribution in [3.8, 4) is 0 Å². The smallest absolute Gasteiger partial charge is 0.408 e. The number of amides is 3. The summed E-state index contributed by atoms with van der Waals surface area (Å²) in [5.41, 5.74) is 10.5. The maximum atomic E-state index is 14.0. The fourth-order valence-corrected chi connectivity index (χ4v) is 4.64. The minimum atomic E-state index is -1.08. The highest BCUT2D eigenvalue weighted by molar-refractivity contribution is 5.97. The summed E-state index contributed by atoms with van der Waals surface area (Å²) in [6.07, 6.45) is 1.82. The van der Waals surface area contributed by atoms with Crippen LogP contribution in [0.25, 0.3) is 10.8 Å². The molecule has 2 aromatic carbocycles. The van der Waals surface area contributed by atoms with Gasteiger partial charge in [0.1, 0.15) is 24.0 Å². The Morgan fingerprint density at radius 3 is 2.54 bits per heavy atom. The number of aliphatic imine (C=N–C) groups is 1. The zero-order valence-corrected chi connectivity index (χ0v) is 22.7. The van der Waals surface area contributed by atoms with E-state index in [1.165, 1.54) is 4.90 Å². The predicted octanol–water partition coefficient (Wildman–Crippen LogP) is 2.13. The topological polar surface area (TPSA) is 169 Å². The van der Waals surface area contributed by atoms with Gasteiger partial charge in [-0.1, -0.05) is 42.5 Å². The van der Waals surface area contributed by atoms with E-state index in [-0.39, 0.29) is 5.96 Å². The summed E-state index contributed by atoms with van der Waals surface area (Å²) in [6, 6.07) is 10.5.